The van der Waals surface area contributed by atoms with Crippen LogP contribution in [0.15, 0.2) is 24.3 Å². The van der Waals surface area contributed by atoms with Crippen molar-refractivity contribution in [3.63, 3.8) is 0 Å². The normalized spacial score (nSPS) is 19.3. The van der Waals surface area contributed by atoms with Gasteiger partial charge in [-0.3, -0.25) is 10.6 Å². The second-order valence-electron chi connectivity index (χ2n) is 4.70. The second kappa shape index (κ2) is 6.67. The summed E-state index contributed by atoms with van der Waals surface area (Å²) >= 11 is 1.57. The molecule has 0 aliphatic carbocycles. The fraction of sp³-hybridized carbons (Fsp3) is 0.462. The molecule has 21 heavy (non-hydrogen) atoms. The molecule has 1 aliphatic rings. The van der Waals surface area contributed by atoms with Gasteiger partial charge in [0.25, 0.3) is 5.91 Å². The van der Waals surface area contributed by atoms with Gasteiger partial charge in [0, 0.05) is 35.1 Å². The minimum absolute atomic E-state index is 0.0397. The molecule has 0 spiro atoms. The van der Waals surface area contributed by atoms with Crippen LogP contribution < -0.4 is 11.3 Å². The number of carbonyl (C=O) groups is 1. The Morgan fingerprint density at radius 1 is 1.43 bits per heavy atom. The molecule has 1 atom stereocenters. The van der Waals surface area contributed by atoms with Crippen LogP contribution >= 0.6 is 11.8 Å². The van der Waals surface area contributed by atoms with Crippen LogP contribution in [0.5, 0.6) is 0 Å². The Kier molecular flexibility index (Phi) is 5.13. The van der Waals surface area contributed by atoms with Gasteiger partial charge >= 0.3 is 0 Å². The number of hydrogen-bond acceptors (Lipinski definition) is 6. The van der Waals surface area contributed by atoms with Gasteiger partial charge in [-0.05, 0) is 24.3 Å². The second-order valence-corrected chi connectivity index (χ2v) is 8.30. The van der Waals surface area contributed by atoms with Gasteiger partial charge in [-0.1, -0.05) is 6.92 Å². The Morgan fingerprint density at radius 3 is 2.67 bits per heavy atom. The van der Waals surface area contributed by atoms with Crippen molar-refractivity contribution in [2.75, 3.05) is 29.2 Å². The highest BCUT2D eigenvalue weighted by Gasteiger charge is 2.36. The third kappa shape index (κ3) is 3.50. The average Bonchev–Trinajstić information content (AvgIpc) is 2.54. The molecule has 1 unspecified atom stereocenters. The van der Waals surface area contributed by atoms with Gasteiger partial charge in [0.2, 0.25) is 0 Å². The van der Waals surface area contributed by atoms with E-state index in [4.69, 9.17) is 5.84 Å². The lowest BCUT2D eigenvalue weighted by Crippen LogP contribution is -2.50. The van der Waals surface area contributed by atoms with E-state index in [0.717, 1.165) is 5.75 Å². The van der Waals surface area contributed by atoms with Crippen molar-refractivity contribution in [2.45, 2.75) is 12.3 Å². The van der Waals surface area contributed by atoms with E-state index in [2.05, 4.69) is 5.43 Å². The molecule has 1 fully saturated rings. The highest BCUT2D eigenvalue weighted by atomic mass is 32.2. The maximum absolute atomic E-state index is 12.6. The van der Waals surface area contributed by atoms with Gasteiger partial charge in [-0.2, -0.15) is 11.8 Å². The van der Waals surface area contributed by atoms with E-state index in [-0.39, 0.29) is 11.7 Å². The number of hydrazine groups is 1. The molecular weight excluding hydrogens is 310 g/mol. The molecule has 1 aromatic carbocycles. The zero-order valence-corrected chi connectivity index (χ0v) is 13.4. The summed E-state index contributed by atoms with van der Waals surface area (Å²) in [7, 11) is -3.28. The molecular formula is C13H19N3O3S2. The molecule has 6 nitrogen and oxygen atoms in total. The first kappa shape index (κ1) is 16.1. The van der Waals surface area contributed by atoms with Crippen LogP contribution in [0.25, 0.3) is 0 Å². The van der Waals surface area contributed by atoms with Crippen molar-refractivity contribution in [2.24, 2.45) is 5.84 Å². The van der Waals surface area contributed by atoms with Crippen LogP contribution in [-0.4, -0.2) is 48.4 Å². The Bertz CT molecular complexity index is 602. The van der Waals surface area contributed by atoms with E-state index in [1.807, 2.05) is 0 Å². The number of thioether (sulfide) groups is 1. The first-order chi connectivity index (χ1) is 9.99. The Morgan fingerprint density at radius 2 is 2.10 bits per heavy atom. The van der Waals surface area contributed by atoms with Crippen LogP contribution in [0.3, 0.4) is 0 Å². The number of amides is 1. The molecule has 0 radical (unpaired) electrons. The van der Waals surface area contributed by atoms with E-state index < -0.39 is 15.2 Å². The van der Waals surface area contributed by atoms with Crippen molar-refractivity contribution >= 4 is 33.2 Å². The summed E-state index contributed by atoms with van der Waals surface area (Å²) in [4.78, 5) is 14.0. The maximum atomic E-state index is 12.6. The van der Waals surface area contributed by atoms with Crippen LogP contribution in [-0.2, 0) is 9.84 Å². The molecule has 0 aromatic heterocycles. The van der Waals surface area contributed by atoms with Gasteiger partial charge < -0.3 is 10.3 Å². The van der Waals surface area contributed by atoms with E-state index >= 15 is 0 Å². The number of carbonyl (C=O) groups excluding carboxylic acids is 1. The third-order valence-electron chi connectivity index (χ3n) is 3.46. The summed E-state index contributed by atoms with van der Waals surface area (Å²) in [5, 5.41) is -0.735. The Labute approximate surface area is 129 Å². The van der Waals surface area contributed by atoms with Crippen LogP contribution in [0.1, 0.15) is 17.3 Å². The zero-order chi connectivity index (χ0) is 15.5. The van der Waals surface area contributed by atoms with Crippen LogP contribution in [0.2, 0.25) is 0 Å². The fourth-order valence-corrected chi connectivity index (χ4v) is 5.14. The van der Waals surface area contributed by atoms with Crippen molar-refractivity contribution < 1.29 is 13.2 Å². The molecule has 116 valence electrons. The topological polar surface area (TPSA) is 92.5 Å². The largest absolute Gasteiger partial charge is 0.324 e. The van der Waals surface area contributed by atoms with Gasteiger partial charge in [0.1, 0.15) is 5.37 Å². The van der Waals surface area contributed by atoms with Crippen molar-refractivity contribution in [1.29, 1.82) is 0 Å². The number of hydrogen-bond donors (Lipinski definition) is 2. The number of nitrogens with one attached hydrogen (secondary N) is 1. The molecule has 1 aromatic rings. The van der Waals surface area contributed by atoms with Crippen molar-refractivity contribution in [1.82, 2.24) is 4.90 Å². The number of sulfone groups is 1. The summed E-state index contributed by atoms with van der Waals surface area (Å²) < 4.78 is 24.3. The molecule has 2 rings (SSSR count). The summed E-state index contributed by atoms with van der Waals surface area (Å²) in [6, 6.07) is 6.67. The average molecular weight is 329 g/mol. The quantitative estimate of drug-likeness (QED) is 0.630. The first-order valence-electron chi connectivity index (χ1n) is 6.66. The number of rotatable bonds is 4. The highest BCUT2D eigenvalue weighted by Crippen LogP contribution is 2.23. The third-order valence-corrected chi connectivity index (χ3v) is 6.75. The predicted molar refractivity (Wildman–Crippen MR) is 85.9 cm³/mol. The first-order valence-corrected chi connectivity index (χ1v) is 9.53. The zero-order valence-electron chi connectivity index (χ0n) is 11.8. The maximum Gasteiger partial charge on any atom is 0.254 e. The van der Waals surface area contributed by atoms with Gasteiger partial charge in [0.05, 0.1) is 0 Å². The predicted octanol–water partition coefficient (Wildman–Crippen LogP) is 0.922. The molecule has 1 heterocycles. The molecule has 1 saturated heterocycles. The minimum Gasteiger partial charge on any atom is -0.324 e. The van der Waals surface area contributed by atoms with Gasteiger partial charge in [0.15, 0.2) is 9.84 Å². The van der Waals surface area contributed by atoms with Crippen LogP contribution in [0, 0.1) is 0 Å². The number of nitrogen functional groups attached to an aromatic ring is 1. The molecule has 0 saturated carbocycles. The summed E-state index contributed by atoms with van der Waals surface area (Å²) in [5.41, 5.74) is 3.65. The van der Waals surface area contributed by atoms with Crippen molar-refractivity contribution in [3.05, 3.63) is 29.8 Å². The Balaban J connectivity index is 2.26. The lowest BCUT2D eigenvalue weighted by Gasteiger charge is -2.34. The fourth-order valence-electron chi connectivity index (χ4n) is 2.18. The van der Waals surface area contributed by atoms with Gasteiger partial charge in [-0.15, -0.1) is 0 Å². The number of anilines is 1. The van der Waals surface area contributed by atoms with E-state index in [0.29, 0.717) is 23.5 Å². The molecule has 1 aliphatic heterocycles. The summed E-state index contributed by atoms with van der Waals surface area (Å²) in [6.07, 6.45) is 0. The van der Waals surface area contributed by atoms with Crippen molar-refractivity contribution in [3.8, 4) is 0 Å². The lowest BCUT2D eigenvalue weighted by molar-refractivity contribution is 0.0749. The molecule has 3 N–H and O–H groups in total. The number of nitrogens with zero attached hydrogens (tertiary/aromatic N) is 1. The molecule has 0 bridgehead atoms. The number of nitrogens with two attached hydrogens (primary N) is 1. The SMILES string of the molecule is CCS(=O)(=O)C1CSCCN1C(=O)c1ccc(NN)cc1. The minimum atomic E-state index is -3.28. The number of benzene rings is 1. The highest BCUT2D eigenvalue weighted by molar-refractivity contribution is 8.01. The summed E-state index contributed by atoms with van der Waals surface area (Å²) in [5.74, 6) is 6.27. The Hall–Kier alpha value is -1.25. The van der Waals surface area contributed by atoms with Crippen LogP contribution in [0.4, 0.5) is 5.69 Å². The molecule has 8 heteroatoms. The van der Waals surface area contributed by atoms with E-state index in [9.17, 15) is 13.2 Å². The van der Waals surface area contributed by atoms with E-state index in [1.54, 1.807) is 43.0 Å². The smallest absolute Gasteiger partial charge is 0.254 e. The van der Waals surface area contributed by atoms with Gasteiger partial charge in [-0.25, -0.2) is 8.42 Å². The monoisotopic (exact) mass is 329 g/mol. The summed E-state index contributed by atoms with van der Waals surface area (Å²) in [6.45, 7) is 2.06. The lowest BCUT2D eigenvalue weighted by atomic mass is 10.2. The molecule has 1 amide bonds. The standard InChI is InChI=1S/C13H19N3O3S2/c1-2-21(18,19)12-9-20-8-7-16(12)13(17)10-3-5-11(15-14)6-4-10/h3-6,12,15H,2,7-9,14H2,1H3. The van der Waals surface area contributed by atoms with E-state index in [1.165, 1.54) is 4.90 Å².